The van der Waals surface area contributed by atoms with E-state index in [0.717, 1.165) is 31.2 Å². The van der Waals surface area contributed by atoms with Crippen LogP contribution in [0.5, 0.6) is 5.75 Å². The van der Waals surface area contributed by atoms with Crippen LogP contribution in [0, 0.1) is 17.3 Å². The van der Waals surface area contributed by atoms with Gasteiger partial charge in [-0.2, -0.15) is 0 Å². The van der Waals surface area contributed by atoms with E-state index in [4.69, 9.17) is 9.47 Å². The lowest BCUT2D eigenvalue weighted by Gasteiger charge is -2.61. The summed E-state index contributed by atoms with van der Waals surface area (Å²) >= 11 is 4.19. The van der Waals surface area contributed by atoms with Crippen LogP contribution in [0.15, 0.2) is 24.3 Å². The Balaban J connectivity index is 1.71. The van der Waals surface area contributed by atoms with Crippen molar-refractivity contribution in [3.05, 3.63) is 29.8 Å². The molecule has 29 heavy (non-hydrogen) atoms. The van der Waals surface area contributed by atoms with E-state index < -0.39 is 5.41 Å². The molecule has 4 aliphatic rings. The molecule has 3 fully saturated rings. The van der Waals surface area contributed by atoms with Crippen LogP contribution in [0.2, 0.25) is 0 Å². The first kappa shape index (κ1) is 20.0. The molecule has 4 atom stereocenters. The highest BCUT2D eigenvalue weighted by Crippen LogP contribution is 2.69. The van der Waals surface area contributed by atoms with Gasteiger partial charge in [-0.15, -0.1) is 23.5 Å². The summed E-state index contributed by atoms with van der Waals surface area (Å²) in [4.78, 5) is 27.3. The van der Waals surface area contributed by atoms with Crippen molar-refractivity contribution in [2.75, 3.05) is 25.2 Å². The van der Waals surface area contributed by atoms with E-state index in [1.54, 1.807) is 7.11 Å². The molecule has 1 spiro atoms. The molecular formula is C23H28O4S2. The van der Waals surface area contributed by atoms with Gasteiger partial charge < -0.3 is 9.47 Å². The number of benzene rings is 1. The number of Topliss-reactive ketones (excluding diaryl/α,β-unsaturated/α-hetero) is 1. The number of para-hydroxylation sites is 1. The molecule has 4 unspecified atom stereocenters. The summed E-state index contributed by atoms with van der Waals surface area (Å²) in [5.74, 6) is 2.86. The van der Waals surface area contributed by atoms with Crippen molar-refractivity contribution in [1.82, 2.24) is 0 Å². The van der Waals surface area contributed by atoms with E-state index in [1.165, 1.54) is 24.3 Å². The number of carbonyl (C=O) groups is 2. The van der Waals surface area contributed by atoms with Crippen molar-refractivity contribution < 1.29 is 19.1 Å². The van der Waals surface area contributed by atoms with Crippen LogP contribution >= 0.6 is 23.5 Å². The monoisotopic (exact) mass is 432 g/mol. The van der Waals surface area contributed by atoms with E-state index in [1.807, 2.05) is 18.2 Å². The maximum atomic E-state index is 13.7. The maximum absolute atomic E-state index is 13.7. The molecule has 1 aromatic rings. The quantitative estimate of drug-likeness (QED) is 0.393. The molecular weight excluding hydrogens is 404 g/mol. The molecule has 156 valence electrons. The molecule has 2 aliphatic carbocycles. The standard InChI is InChI=1S/C23H28O4S2/c1-26-14-20(24)23-17-9-4-3-8-16(17)22(28-11-6-12-29-22)13-18(23)15-7-2-5-10-19(15)27-21(23)25/h2,5,7,10,16-18H,3-4,6,8-9,11-14H2,1H3. The predicted molar refractivity (Wildman–Crippen MR) is 116 cm³/mol. The summed E-state index contributed by atoms with van der Waals surface area (Å²) in [5, 5.41) is 0. The summed E-state index contributed by atoms with van der Waals surface area (Å²) in [6.45, 7) is -0.0235. The molecule has 5 rings (SSSR count). The summed E-state index contributed by atoms with van der Waals surface area (Å²) in [5.41, 5.74) is -0.0639. The number of ether oxygens (including phenoxy) is 2. The molecule has 2 saturated carbocycles. The van der Waals surface area contributed by atoms with Gasteiger partial charge in [0, 0.05) is 13.0 Å². The first-order valence-corrected chi connectivity index (χ1v) is 12.7. The summed E-state index contributed by atoms with van der Waals surface area (Å²) < 4.78 is 11.3. The zero-order valence-corrected chi connectivity index (χ0v) is 18.5. The molecule has 4 nitrogen and oxygen atoms in total. The molecule has 2 aliphatic heterocycles. The van der Waals surface area contributed by atoms with Gasteiger partial charge in [-0.1, -0.05) is 31.0 Å². The Morgan fingerprint density at radius 3 is 2.62 bits per heavy atom. The fourth-order valence-corrected chi connectivity index (χ4v) is 10.3. The minimum atomic E-state index is -1.10. The second-order valence-electron chi connectivity index (χ2n) is 8.77. The van der Waals surface area contributed by atoms with Gasteiger partial charge in [0.15, 0.2) is 5.78 Å². The van der Waals surface area contributed by atoms with Crippen molar-refractivity contribution >= 4 is 35.3 Å². The van der Waals surface area contributed by atoms with Crippen molar-refractivity contribution in [3.8, 4) is 5.75 Å². The molecule has 0 aromatic heterocycles. The first-order valence-electron chi connectivity index (χ1n) is 10.7. The summed E-state index contributed by atoms with van der Waals surface area (Å²) in [7, 11) is 1.54. The lowest BCUT2D eigenvalue weighted by molar-refractivity contribution is -0.170. The van der Waals surface area contributed by atoms with Crippen LogP contribution in [0.4, 0.5) is 0 Å². The number of carbonyl (C=O) groups excluding carboxylic acids is 2. The van der Waals surface area contributed by atoms with Gasteiger partial charge in [-0.05, 0) is 60.7 Å². The van der Waals surface area contributed by atoms with Crippen molar-refractivity contribution in [3.63, 3.8) is 0 Å². The van der Waals surface area contributed by atoms with Crippen LogP contribution < -0.4 is 4.74 Å². The average Bonchev–Trinajstić information content (AvgIpc) is 2.75. The molecule has 0 amide bonds. The molecule has 2 heterocycles. The largest absolute Gasteiger partial charge is 0.425 e. The highest BCUT2D eigenvalue weighted by molar-refractivity contribution is 8.18. The number of esters is 1. The van der Waals surface area contributed by atoms with Crippen molar-refractivity contribution in [1.29, 1.82) is 0 Å². The molecule has 6 heteroatoms. The van der Waals surface area contributed by atoms with Gasteiger partial charge in [0.1, 0.15) is 17.8 Å². The Kier molecular flexibility index (Phi) is 5.24. The molecule has 0 bridgehead atoms. The Hall–Kier alpha value is -0.980. The fraction of sp³-hybridized carbons (Fsp3) is 0.652. The van der Waals surface area contributed by atoms with E-state index in [0.29, 0.717) is 11.7 Å². The highest BCUT2D eigenvalue weighted by Gasteiger charge is 2.69. The van der Waals surface area contributed by atoms with Gasteiger partial charge in [0.05, 0.1) is 4.08 Å². The van der Waals surface area contributed by atoms with E-state index in [-0.39, 0.29) is 34.3 Å². The van der Waals surface area contributed by atoms with Gasteiger partial charge in [0.2, 0.25) is 0 Å². The van der Waals surface area contributed by atoms with Gasteiger partial charge in [0.25, 0.3) is 0 Å². The number of thioether (sulfide) groups is 2. The number of hydrogen-bond acceptors (Lipinski definition) is 6. The molecule has 0 N–H and O–H groups in total. The molecule has 1 saturated heterocycles. The number of methoxy groups -OCH3 is 1. The zero-order valence-electron chi connectivity index (χ0n) is 16.9. The Labute approximate surface area is 180 Å². The predicted octanol–water partition coefficient (Wildman–Crippen LogP) is 4.67. The number of hydrogen-bond donors (Lipinski definition) is 0. The topological polar surface area (TPSA) is 52.6 Å². The zero-order chi connectivity index (χ0) is 20.1. The van der Waals surface area contributed by atoms with Crippen LogP contribution in [-0.4, -0.2) is 41.1 Å². The van der Waals surface area contributed by atoms with Crippen molar-refractivity contribution in [2.45, 2.75) is 48.5 Å². The van der Waals surface area contributed by atoms with Gasteiger partial charge in [-0.25, -0.2) is 0 Å². The van der Waals surface area contributed by atoms with Crippen molar-refractivity contribution in [2.24, 2.45) is 17.3 Å². The third kappa shape index (κ3) is 2.85. The fourth-order valence-electron chi connectivity index (χ4n) is 6.44. The average molecular weight is 433 g/mol. The third-order valence-corrected chi connectivity index (χ3v) is 11.1. The lowest BCUT2D eigenvalue weighted by Crippen LogP contribution is -2.64. The normalized spacial score (nSPS) is 35.2. The van der Waals surface area contributed by atoms with Gasteiger partial charge >= 0.3 is 5.97 Å². The highest BCUT2D eigenvalue weighted by atomic mass is 32.2. The third-order valence-electron chi connectivity index (χ3n) is 7.51. The Morgan fingerprint density at radius 2 is 1.86 bits per heavy atom. The van der Waals surface area contributed by atoms with Crippen LogP contribution in [0.25, 0.3) is 0 Å². The number of fused-ring (bicyclic) bond motifs is 6. The summed E-state index contributed by atoms with van der Waals surface area (Å²) in [6, 6.07) is 7.85. The second-order valence-corrected chi connectivity index (χ2v) is 11.9. The lowest BCUT2D eigenvalue weighted by atomic mass is 9.49. The molecule has 0 radical (unpaired) electrons. The van der Waals surface area contributed by atoms with E-state index >= 15 is 0 Å². The minimum absolute atomic E-state index is 0.0235. The van der Waals surface area contributed by atoms with Crippen LogP contribution in [-0.2, 0) is 14.3 Å². The minimum Gasteiger partial charge on any atom is -0.425 e. The van der Waals surface area contributed by atoms with E-state index in [9.17, 15) is 9.59 Å². The first-order chi connectivity index (χ1) is 14.1. The van der Waals surface area contributed by atoms with Crippen LogP contribution in [0.1, 0.15) is 50.0 Å². The van der Waals surface area contributed by atoms with Crippen LogP contribution in [0.3, 0.4) is 0 Å². The maximum Gasteiger partial charge on any atom is 0.326 e. The SMILES string of the molecule is COCC(=O)C12C(=O)Oc3ccccc3C1CC1(SCCCS1)C1CCCCC12. The number of ketones is 1. The smallest absolute Gasteiger partial charge is 0.326 e. The van der Waals surface area contributed by atoms with Gasteiger partial charge in [-0.3, -0.25) is 9.59 Å². The van der Waals surface area contributed by atoms with E-state index in [2.05, 4.69) is 29.6 Å². The second kappa shape index (κ2) is 7.61. The Bertz CT molecular complexity index is 819. The number of rotatable bonds is 3. The molecule has 1 aromatic carbocycles. The Morgan fingerprint density at radius 1 is 1.14 bits per heavy atom. The summed E-state index contributed by atoms with van der Waals surface area (Å²) in [6.07, 6.45) is 6.41.